The Morgan fingerprint density at radius 2 is 2.30 bits per heavy atom. The van der Waals surface area contributed by atoms with Gasteiger partial charge in [-0.05, 0) is 0 Å². The van der Waals surface area contributed by atoms with Crippen molar-refractivity contribution in [2.75, 3.05) is 0 Å². The van der Waals surface area contributed by atoms with Crippen LogP contribution in [-0.2, 0) is 6.61 Å². The quantitative estimate of drug-likeness (QED) is 0.580. The molecule has 0 bridgehead atoms. The lowest BCUT2D eigenvalue weighted by atomic mass is 10.4. The predicted molar refractivity (Wildman–Crippen MR) is 32.7 cm³/mol. The van der Waals surface area contributed by atoms with Gasteiger partial charge in [-0.3, -0.25) is 4.98 Å². The van der Waals surface area contributed by atoms with Gasteiger partial charge in [-0.25, -0.2) is 4.98 Å². The summed E-state index contributed by atoms with van der Waals surface area (Å²) in [6.07, 6.45) is 2.70. The Hall–Kier alpha value is -1.47. The highest BCUT2D eigenvalue weighted by atomic mass is 16.3. The normalized spacial score (nSPS) is 8.80. The highest BCUT2D eigenvalue weighted by Crippen LogP contribution is 1.92. The van der Waals surface area contributed by atoms with Crippen LogP contribution in [0.5, 0.6) is 0 Å². The summed E-state index contributed by atoms with van der Waals surface area (Å²) in [5.74, 6) is 0. The van der Waals surface area contributed by atoms with E-state index in [9.17, 15) is 0 Å². The maximum Gasteiger partial charge on any atom is 0.158 e. The van der Waals surface area contributed by atoms with Crippen LogP contribution in [0.25, 0.3) is 0 Å². The van der Waals surface area contributed by atoms with Crippen molar-refractivity contribution in [3.05, 3.63) is 23.8 Å². The highest BCUT2D eigenvalue weighted by Gasteiger charge is 1.92. The minimum atomic E-state index is -0.140. The van der Waals surface area contributed by atoms with E-state index < -0.39 is 0 Å². The van der Waals surface area contributed by atoms with Crippen molar-refractivity contribution >= 4 is 0 Å². The molecule has 1 rings (SSSR count). The largest absolute Gasteiger partial charge is 0.390 e. The smallest absolute Gasteiger partial charge is 0.158 e. The number of nitriles is 1. The van der Waals surface area contributed by atoms with Crippen molar-refractivity contribution in [1.29, 1.82) is 5.26 Å². The van der Waals surface area contributed by atoms with Crippen LogP contribution in [0.15, 0.2) is 12.4 Å². The van der Waals surface area contributed by atoms with Gasteiger partial charge in [0.1, 0.15) is 6.07 Å². The Morgan fingerprint density at radius 3 is 2.70 bits per heavy atom. The lowest BCUT2D eigenvalue weighted by Crippen LogP contribution is -1.91. The number of hydrogen-bond donors (Lipinski definition) is 1. The molecule has 0 aliphatic carbocycles. The third-order valence-corrected chi connectivity index (χ3v) is 0.982. The second-order valence-electron chi connectivity index (χ2n) is 1.66. The summed E-state index contributed by atoms with van der Waals surface area (Å²) in [6, 6.07) is 1.82. The lowest BCUT2D eigenvalue weighted by Gasteiger charge is -1.90. The number of rotatable bonds is 1. The zero-order valence-electron chi connectivity index (χ0n) is 5.15. The van der Waals surface area contributed by atoms with E-state index >= 15 is 0 Å². The fraction of sp³-hybridized carbons (Fsp3) is 0.167. The number of aromatic nitrogens is 2. The summed E-state index contributed by atoms with van der Waals surface area (Å²) in [6.45, 7) is -0.140. The van der Waals surface area contributed by atoms with Gasteiger partial charge in [0.25, 0.3) is 0 Å². The minimum absolute atomic E-state index is 0.140. The van der Waals surface area contributed by atoms with Crippen molar-refractivity contribution < 1.29 is 5.11 Å². The number of aliphatic hydroxyl groups is 1. The number of aliphatic hydroxyl groups excluding tert-OH is 1. The third kappa shape index (κ3) is 1.27. The fourth-order valence-corrected chi connectivity index (χ4v) is 0.494. The van der Waals surface area contributed by atoms with Gasteiger partial charge in [0, 0.05) is 0 Å². The van der Waals surface area contributed by atoms with E-state index in [1.165, 1.54) is 12.4 Å². The van der Waals surface area contributed by atoms with Crippen molar-refractivity contribution in [2.24, 2.45) is 0 Å². The monoisotopic (exact) mass is 135 g/mol. The van der Waals surface area contributed by atoms with Gasteiger partial charge in [0.15, 0.2) is 5.69 Å². The molecule has 1 heterocycles. The molecular formula is C6H5N3O. The highest BCUT2D eigenvalue weighted by molar-refractivity contribution is 5.15. The summed E-state index contributed by atoms with van der Waals surface area (Å²) < 4.78 is 0. The summed E-state index contributed by atoms with van der Waals surface area (Å²) >= 11 is 0. The molecule has 0 aromatic carbocycles. The second kappa shape index (κ2) is 2.90. The van der Waals surface area contributed by atoms with Crippen LogP contribution >= 0.6 is 0 Å². The predicted octanol–water partition coefficient (Wildman–Crippen LogP) is -0.159. The molecule has 4 heteroatoms. The Morgan fingerprint density at radius 1 is 1.50 bits per heavy atom. The topological polar surface area (TPSA) is 69.8 Å². The van der Waals surface area contributed by atoms with Crippen molar-refractivity contribution in [2.45, 2.75) is 6.61 Å². The number of hydrogen-bond acceptors (Lipinski definition) is 4. The fourth-order valence-electron chi connectivity index (χ4n) is 0.494. The molecule has 0 aliphatic rings. The molecule has 0 saturated carbocycles. The molecule has 0 spiro atoms. The van der Waals surface area contributed by atoms with Gasteiger partial charge in [-0.1, -0.05) is 0 Å². The van der Waals surface area contributed by atoms with Gasteiger partial charge < -0.3 is 5.11 Å². The zero-order chi connectivity index (χ0) is 7.40. The maximum atomic E-state index is 8.52. The van der Waals surface area contributed by atoms with Crippen LogP contribution in [0.4, 0.5) is 0 Å². The Kier molecular flexibility index (Phi) is 1.92. The lowest BCUT2D eigenvalue weighted by molar-refractivity contribution is 0.276. The first kappa shape index (κ1) is 6.65. The maximum absolute atomic E-state index is 8.52. The summed E-state index contributed by atoms with van der Waals surface area (Å²) in [5.41, 5.74) is 0.733. The zero-order valence-corrected chi connectivity index (χ0v) is 5.15. The SMILES string of the molecule is N#Cc1cnc(CO)cn1. The Labute approximate surface area is 57.8 Å². The van der Waals surface area contributed by atoms with Gasteiger partial charge in [-0.2, -0.15) is 5.26 Å². The molecule has 0 radical (unpaired) electrons. The minimum Gasteiger partial charge on any atom is -0.390 e. The molecule has 0 aliphatic heterocycles. The van der Waals surface area contributed by atoms with E-state index in [0.29, 0.717) is 5.69 Å². The average Bonchev–Trinajstić information content (AvgIpc) is 2.05. The second-order valence-corrected chi connectivity index (χ2v) is 1.66. The molecule has 0 fully saturated rings. The van der Waals surface area contributed by atoms with Crippen LogP contribution in [0, 0.1) is 11.3 Å². The summed E-state index contributed by atoms with van der Waals surface area (Å²) in [5, 5.41) is 16.8. The molecule has 1 N–H and O–H groups in total. The molecule has 1 aromatic heterocycles. The molecule has 50 valence electrons. The van der Waals surface area contributed by atoms with Crippen LogP contribution in [-0.4, -0.2) is 15.1 Å². The summed E-state index contributed by atoms with van der Waals surface area (Å²) in [4.78, 5) is 7.42. The van der Waals surface area contributed by atoms with E-state index in [2.05, 4.69) is 9.97 Å². The molecule has 0 atom stereocenters. The van der Waals surface area contributed by atoms with Crippen LogP contribution in [0.3, 0.4) is 0 Å². The first-order chi connectivity index (χ1) is 4.86. The van der Waals surface area contributed by atoms with Gasteiger partial charge in [0.2, 0.25) is 0 Å². The van der Waals surface area contributed by atoms with E-state index in [-0.39, 0.29) is 12.3 Å². The molecule has 1 aromatic rings. The van der Waals surface area contributed by atoms with E-state index in [1.807, 2.05) is 6.07 Å². The number of nitrogens with zero attached hydrogens (tertiary/aromatic N) is 3. The van der Waals surface area contributed by atoms with Gasteiger partial charge in [-0.15, -0.1) is 0 Å². The van der Waals surface area contributed by atoms with Crippen molar-refractivity contribution in [1.82, 2.24) is 9.97 Å². The molecule has 0 amide bonds. The first-order valence-corrected chi connectivity index (χ1v) is 2.68. The molecular weight excluding hydrogens is 130 g/mol. The molecule has 0 unspecified atom stereocenters. The van der Waals surface area contributed by atoms with E-state index in [1.54, 1.807) is 0 Å². The molecule has 10 heavy (non-hydrogen) atoms. The Bertz CT molecular complexity index is 249. The van der Waals surface area contributed by atoms with Crippen LogP contribution in [0.1, 0.15) is 11.4 Å². The van der Waals surface area contributed by atoms with Gasteiger partial charge in [0.05, 0.1) is 24.7 Å². The molecule has 0 saturated heterocycles. The van der Waals surface area contributed by atoms with Crippen LogP contribution in [0.2, 0.25) is 0 Å². The first-order valence-electron chi connectivity index (χ1n) is 2.68. The summed E-state index contributed by atoms with van der Waals surface area (Å²) in [7, 11) is 0. The van der Waals surface area contributed by atoms with Crippen molar-refractivity contribution in [3.8, 4) is 6.07 Å². The van der Waals surface area contributed by atoms with E-state index in [0.717, 1.165) is 0 Å². The third-order valence-electron chi connectivity index (χ3n) is 0.982. The Balaban J connectivity index is 2.93. The van der Waals surface area contributed by atoms with Crippen LogP contribution < -0.4 is 0 Å². The average molecular weight is 135 g/mol. The van der Waals surface area contributed by atoms with E-state index in [4.69, 9.17) is 10.4 Å². The molecule has 4 nitrogen and oxygen atoms in total. The standard InChI is InChI=1S/C6H5N3O/c7-1-5-2-9-6(4-10)3-8-5/h2-3,10H,4H2. The van der Waals surface area contributed by atoms with Gasteiger partial charge >= 0.3 is 0 Å². The van der Waals surface area contributed by atoms with Crippen molar-refractivity contribution in [3.63, 3.8) is 0 Å².